The monoisotopic (exact) mass is 210 g/mol. The second kappa shape index (κ2) is 4.13. The highest BCUT2D eigenvalue weighted by molar-refractivity contribution is 5.64. The molecule has 0 amide bonds. The third-order valence-corrected chi connectivity index (χ3v) is 2.96. The van der Waals surface area contributed by atoms with Crippen molar-refractivity contribution in [2.75, 3.05) is 17.6 Å². The van der Waals surface area contributed by atoms with Gasteiger partial charge in [-0.1, -0.05) is 20.8 Å². The molecule has 1 heterocycles. The summed E-state index contributed by atoms with van der Waals surface area (Å²) in [6.07, 6.45) is 1.14. The molecular formula is C11H22N4. The molecule has 86 valence electrons. The lowest BCUT2D eigenvalue weighted by atomic mass is 9.90. The minimum Gasteiger partial charge on any atom is -0.394 e. The van der Waals surface area contributed by atoms with E-state index in [1.807, 2.05) is 14.0 Å². The number of hydrogen-bond acceptors (Lipinski definition) is 3. The molecule has 4 nitrogen and oxygen atoms in total. The number of nitrogens with two attached hydrogens (primary N) is 1. The van der Waals surface area contributed by atoms with E-state index in [0.717, 1.165) is 30.2 Å². The Morgan fingerprint density at radius 1 is 1.47 bits per heavy atom. The maximum atomic E-state index is 5.93. The van der Waals surface area contributed by atoms with Crippen LogP contribution in [0.4, 0.5) is 11.5 Å². The zero-order valence-electron chi connectivity index (χ0n) is 10.4. The third-order valence-electron chi connectivity index (χ3n) is 2.96. The summed E-state index contributed by atoms with van der Waals surface area (Å²) in [6.45, 7) is 9.50. The van der Waals surface area contributed by atoms with Gasteiger partial charge in [-0.25, -0.2) is 0 Å². The van der Waals surface area contributed by atoms with Crippen LogP contribution in [-0.2, 0) is 7.05 Å². The van der Waals surface area contributed by atoms with Gasteiger partial charge >= 0.3 is 0 Å². The fourth-order valence-electron chi connectivity index (χ4n) is 1.33. The van der Waals surface area contributed by atoms with Crippen molar-refractivity contribution in [2.24, 2.45) is 12.5 Å². The third kappa shape index (κ3) is 2.64. The van der Waals surface area contributed by atoms with Crippen molar-refractivity contribution < 1.29 is 0 Å². The molecule has 0 spiro atoms. The van der Waals surface area contributed by atoms with Gasteiger partial charge in [-0.05, 0) is 18.8 Å². The first-order valence-electron chi connectivity index (χ1n) is 5.40. The normalized spacial score (nSPS) is 11.8. The first kappa shape index (κ1) is 11.9. The van der Waals surface area contributed by atoms with Crippen LogP contribution in [0, 0.1) is 12.3 Å². The molecule has 1 rings (SSSR count). The molecular weight excluding hydrogens is 188 g/mol. The lowest BCUT2D eigenvalue weighted by Crippen LogP contribution is -2.23. The smallest absolute Gasteiger partial charge is 0.147 e. The number of nitrogens with one attached hydrogen (secondary N) is 1. The highest BCUT2D eigenvalue weighted by Gasteiger charge is 2.17. The summed E-state index contributed by atoms with van der Waals surface area (Å²) in [6, 6.07) is 0. The zero-order chi connectivity index (χ0) is 11.6. The summed E-state index contributed by atoms with van der Waals surface area (Å²) in [4.78, 5) is 0. The van der Waals surface area contributed by atoms with Gasteiger partial charge in [0.2, 0.25) is 0 Å². The van der Waals surface area contributed by atoms with Crippen molar-refractivity contribution in [3.8, 4) is 0 Å². The van der Waals surface area contributed by atoms with E-state index >= 15 is 0 Å². The molecule has 0 bridgehead atoms. The largest absolute Gasteiger partial charge is 0.394 e. The minimum absolute atomic E-state index is 0.282. The molecule has 0 aromatic carbocycles. The fourth-order valence-corrected chi connectivity index (χ4v) is 1.33. The van der Waals surface area contributed by atoms with Crippen LogP contribution in [-0.4, -0.2) is 16.3 Å². The molecule has 0 fully saturated rings. The topological polar surface area (TPSA) is 55.9 Å². The Morgan fingerprint density at radius 3 is 2.47 bits per heavy atom. The van der Waals surface area contributed by atoms with E-state index in [1.165, 1.54) is 0 Å². The summed E-state index contributed by atoms with van der Waals surface area (Å²) < 4.78 is 1.80. The molecule has 0 aliphatic carbocycles. The fraction of sp³-hybridized carbons (Fsp3) is 0.727. The molecule has 1 aromatic rings. The summed E-state index contributed by atoms with van der Waals surface area (Å²) in [7, 11) is 1.91. The number of nitrogens with zero attached hydrogens (tertiary/aromatic N) is 2. The van der Waals surface area contributed by atoms with Crippen molar-refractivity contribution in [1.82, 2.24) is 9.78 Å². The summed E-state index contributed by atoms with van der Waals surface area (Å²) in [5.74, 6) is 0.925. The van der Waals surface area contributed by atoms with Crippen LogP contribution in [0.1, 0.15) is 32.9 Å². The van der Waals surface area contributed by atoms with E-state index in [0.29, 0.717) is 0 Å². The molecule has 0 saturated carbocycles. The average Bonchev–Trinajstić information content (AvgIpc) is 2.39. The average molecular weight is 210 g/mol. The predicted octanol–water partition coefficient (Wildman–Crippen LogP) is 2.16. The van der Waals surface area contributed by atoms with Crippen molar-refractivity contribution >= 4 is 11.5 Å². The van der Waals surface area contributed by atoms with Crippen LogP contribution < -0.4 is 11.1 Å². The quantitative estimate of drug-likeness (QED) is 0.800. The van der Waals surface area contributed by atoms with Crippen molar-refractivity contribution in [3.63, 3.8) is 0 Å². The Bertz CT molecular complexity index is 339. The van der Waals surface area contributed by atoms with Crippen molar-refractivity contribution in [1.29, 1.82) is 0 Å². The Morgan fingerprint density at radius 2 is 2.07 bits per heavy atom. The van der Waals surface area contributed by atoms with E-state index in [2.05, 4.69) is 31.2 Å². The first-order chi connectivity index (χ1) is 6.87. The van der Waals surface area contributed by atoms with Gasteiger partial charge in [0.25, 0.3) is 0 Å². The van der Waals surface area contributed by atoms with Gasteiger partial charge in [0, 0.05) is 13.6 Å². The minimum atomic E-state index is 0.282. The number of hydrogen-bond donors (Lipinski definition) is 2. The number of rotatable bonds is 4. The SMILES string of the molecule is CCC(C)(C)CNc1c(N)c(C)nn1C. The predicted molar refractivity (Wildman–Crippen MR) is 64.9 cm³/mol. The molecule has 0 saturated heterocycles. The number of aromatic nitrogens is 2. The first-order valence-corrected chi connectivity index (χ1v) is 5.40. The zero-order valence-corrected chi connectivity index (χ0v) is 10.4. The summed E-state index contributed by atoms with van der Waals surface area (Å²) >= 11 is 0. The van der Waals surface area contributed by atoms with E-state index < -0.39 is 0 Å². The molecule has 15 heavy (non-hydrogen) atoms. The van der Waals surface area contributed by atoms with Gasteiger partial charge in [0.05, 0.1) is 11.4 Å². The Balaban J connectivity index is 2.73. The van der Waals surface area contributed by atoms with E-state index in [-0.39, 0.29) is 5.41 Å². The number of aryl methyl sites for hydroxylation is 2. The van der Waals surface area contributed by atoms with Gasteiger partial charge in [0.1, 0.15) is 5.82 Å². The van der Waals surface area contributed by atoms with Crippen LogP contribution in [0.5, 0.6) is 0 Å². The highest BCUT2D eigenvalue weighted by atomic mass is 15.3. The lowest BCUT2D eigenvalue weighted by molar-refractivity contribution is 0.376. The van der Waals surface area contributed by atoms with Crippen LogP contribution in [0.15, 0.2) is 0 Å². The lowest BCUT2D eigenvalue weighted by Gasteiger charge is -2.23. The van der Waals surface area contributed by atoms with Gasteiger partial charge in [-0.3, -0.25) is 4.68 Å². The number of anilines is 2. The maximum absolute atomic E-state index is 5.93. The van der Waals surface area contributed by atoms with E-state index in [1.54, 1.807) is 4.68 Å². The molecule has 0 unspecified atom stereocenters. The van der Waals surface area contributed by atoms with Gasteiger partial charge in [-0.2, -0.15) is 5.10 Å². The van der Waals surface area contributed by atoms with Crippen LogP contribution in [0.25, 0.3) is 0 Å². The maximum Gasteiger partial charge on any atom is 0.147 e. The molecule has 0 aliphatic rings. The van der Waals surface area contributed by atoms with Crippen LogP contribution in [0.3, 0.4) is 0 Å². The second-order valence-electron chi connectivity index (χ2n) is 4.84. The summed E-state index contributed by atoms with van der Waals surface area (Å²) in [5, 5.41) is 7.63. The van der Waals surface area contributed by atoms with Gasteiger partial charge < -0.3 is 11.1 Å². The molecule has 3 N–H and O–H groups in total. The number of nitrogen functional groups attached to an aromatic ring is 1. The van der Waals surface area contributed by atoms with Crippen molar-refractivity contribution in [2.45, 2.75) is 34.1 Å². The molecule has 1 aromatic heterocycles. The summed E-state index contributed by atoms with van der Waals surface area (Å²) in [5.41, 5.74) is 7.85. The van der Waals surface area contributed by atoms with Gasteiger partial charge in [0.15, 0.2) is 0 Å². The standard InChI is InChI=1S/C11H22N4/c1-6-11(3,4)7-13-10-9(12)8(2)14-15(10)5/h13H,6-7,12H2,1-5H3. The van der Waals surface area contributed by atoms with Crippen LogP contribution in [0.2, 0.25) is 0 Å². The Hall–Kier alpha value is -1.19. The second-order valence-corrected chi connectivity index (χ2v) is 4.84. The molecule has 0 radical (unpaired) electrons. The Labute approximate surface area is 91.8 Å². The Kier molecular flexibility index (Phi) is 3.27. The molecule has 0 aliphatic heterocycles. The van der Waals surface area contributed by atoms with E-state index in [4.69, 9.17) is 5.73 Å². The van der Waals surface area contributed by atoms with Crippen LogP contribution >= 0.6 is 0 Å². The highest BCUT2D eigenvalue weighted by Crippen LogP contribution is 2.24. The van der Waals surface area contributed by atoms with Crippen molar-refractivity contribution in [3.05, 3.63) is 5.69 Å². The van der Waals surface area contributed by atoms with E-state index in [9.17, 15) is 0 Å². The van der Waals surface area contributed by atoms with Gasteiger partial charge in [-0.15, -0.1) is 0 Å². The molecule has 4 heteroatoms. The molecule has 0 atom stereocenters.